The van der Waals surface area contributed by atoms with E-state index in [2.05, 4.69) is 17.6 Å². The molecular formula is C15H25ClN2O2. The largest absolute Gasteiger partial charge is 0.497 e. The summed E-state index contributed by atoms with van der Waals surface area (Å²) >= 11 is 0. The molecule has 2 N–H and O–H groups in total. The molecule has 0 bridgehead atoms. The van der Waals surface area contributed by atoms with Crippen molar-refractivity contribution in [1.82, 2.24) is 10.6 Å². The summed E-state index contributed by atoms with van der Waals surface area (Å²) in [4.78, 5) is 11.6. The van der Waals surface area contributed by atoms with Gasteiger partial charge in [0.2, 0.25) is 5.91 Å². The summed E-state index contributed by atoms with van der Waals surface area (Å²) in [5, 5.41) is 6.16. The van der Waals surface area contributed by atoms with Crippen LogP contribution in [0.2, 0.25) is 0 Å². The molecule has 0 saturated carbocycles. The Morgan fingerprint density at radius 2 is 1.85 bits per heavy atom. The second-order valence-electron chi connectivity index (χ2n) is 4.45. The van der Waals surface area contributed by atoms with Crippen molar-refractivity contribution in [2.24, 2.45) is 0 Å². The van der Waals surface area contributed by atoms with Gasteiger partial charge < -0.3 is 15.4 Å². The number of amides is 1. The lowest BCUT2D eigenvalue weighted by Crippen LogP contribution is -2.32. The van der Waals surface area contributed by atoms with Gasteiger partial charge in [-0.25, -0.2) is 0 Å². The maximum Gasteiger partial charge on any atom is 0.220 e. The smallest absolute Gasteiger partial charge is 0.220 e. The quantitative estimate of drug-likeness (QED) is 0.687. The molecule has 114 valence electrons. The minimum absolute atomic E-state index is 0. The third kappa shape index (κ3) is 8.02. The Balaban J connectivity index is 0.00000361. The average molecular weight is 301 g/mol. The second kappa shape index (κ2) is 11.6. The Morgan fingerprint density at radius 1 is 1.15 bits per heavy atom. The van der Waals surface area contributed by atoms with E-state index in [4.69, 9.17) is 4.74 Å². The molecule has 0 atom stereocenters. The number of methoxy groups -OCH3 is 1. The SMILES string of the molecule is CCCNCCNC(=O)CCc1ccc(OC)cc1.Cl. The molecule has 1 rings (SSSR count). The molecule has 0 aromatic heterocycles. The molecule has 0 aliphatic rings. The van der Waals surface area contributed by atoms with E-state index in [1.165, 1.54) is 0 Å². The molecule has 0 aliphatic carbocycles. The Labute approximate surface area is 127 Å². The van der Waals surface area contributed by atoms with Crippen LogP contribution in [-0.2, 0) is 11.2 Å². The molecule has 1 aromatic rings. The zero-order valence-corrected chi connectivity index (χ0v) is 13.1. The van der Waals surface area contributed by atoms with E-state index >= 15 is 0 Å². The van der Waals surface area contributed by atoms with Crippen LogP contribution in [0.25, 0.3) is 0 Å². The molecule has 5 heteroatoms. The molecule has 1 amide bonds. The fourth-order valence-electron chi connectivity index (χ4n) is 1.73. The van der Waals surface area contributed by atoms with Gasteiger partial charge in [0.15, 0.2) is 0 Å². The number of aryl methyl sites for hydroxylation is 1. The van der Waals surface area contributed by atoms with E-state index in [0.29, 0.717) is 13.0 Å². The summed E-state index contributed by atoms with van der Waals surface area (Å²) in [5.41, 5.74) is 1.15. The number of hydrogen-bond donors (Lipinski definition) is 2. The first-order valence-electron chi connectivity index (χ1n) is 6.86. The monoisotopic (exact) mass is 300 g/mol. The zero-order chi connectivity index (χ0) is 13.9. The molecule has 0 aliphatic heterocycles. The fraction of sp³-hybridized carbons (Fsp3) is 0.533. The Hall–Kier alpha value is -1.26. The highest BCUT2D eigenvalue weighted by molar-refractivity contribution is 5.85. The number of nitrogens with one attached hydrogen (secondary N) is 2. The van der Waals surface area contributed by atoms with Crippen LogP contribution in [0.5, 0.6) is 5.75 Å². The highest BCUT2D eigenvalue weighted by Crippen LogP contribution is 2.12. The average Bonchev–Trinajstić information content (AvgIpc) is 2.45. The van der Waals surface area contributed by atoms with Gasteiger partial charge in [0.05, 0.1) is 7.11 Å². The van der Waals surface area contributed by atoms with Gasteiger partial charge in [0.1, 0.15) is 5.75 Å². The van der Waals surface area contributed by atoms with Gasteiger partial charge in [-0.1, -0.05) is 19.1 Å². The first-order chi connectivity index (χ1) is 9.26. The van der Waals surface area contributed by atoms with E-state index in [1.54, 1.807) is 7.11 Å². The van der Waals surface area contributed by atoms with E-state index in [1.807, 2.05) is 24.3 Å². The molecule has 0 fully saturated rings. The van der Waals surface area contributed by atoms with E-state index in [-0.39, 0.29) is 18.3 Å². The van der Waals surface area contributed by atoms with E-state index in [0.717, 1.165) is 37.2 Å². The molecule has 0 unspecified atom stereocenters. The summed E-state index contributed by atoms with van der Waals surface area (Å²) in [7, 11) is 1.65. The number of benzene rings is 1. The summed E-state index contributed by atoms with van der Waals surface area (Å²) in [6, 6.07) is 7.83. The number of ether oxygens (including phenoxy) is 1. The highest BCUT2D eigenvalue weighted by atomic mass is 35.5. The summed E-state index contributed by atoms with van der Waals surface area (Å²) in [5.74, 6) is 0.948. The van der Waals surface area contributed by atoms with Crippen molar-refractivity contribution in [2.75, 3.05) is 26.7 Å². The third-order valence-corrected chi connectivity index (χ3v) is 2.85. The standard InChI is InChI=1S/C15H24N2O2.ClH/c1-3-10-16-11-12-17-15(18)9-6-13-4-7-14(19-2)8-5-13;/h4-5,7-8,16H,3,6,9-12H2,1-2H3,(H,17,18);1H. The number of hydrogen-bond acceptors (Lipinski definition) is 3. The number of rotatable bonds is 9. The topological polar surface area (TPSA) is 50.4 Å². The van der Waals surface area contributed by atoms with Gasteiger partial charge in [-0.05, 0) is 37.1 Å². The molecule has 0 spiro atoms. The third-order valence-electron chi connectivity index (χ3n) is 2.85. The van der Waals surface area contributed by atoms with Gasteiger partial charge in [-0.3, -0.25) is 4.79 Å². The van der Waals surface area contributed by atoms with Crippen LogP contribution in [-0.4, -0.2) is 32.7 Å². The lowest BCUT2D eigenvalue weighted by Gasteiger charge is -2.06. The zero-order valence-electron chi connectivity index (χ0n) is 12.3. The van der Waals surface area contributed by atoms with Gasteiger partial charge >= 0.3 is 0 Å². The minimum Gasteiger partial charge on any atom is -0.497 e. The first-order valence-corrected chi connectivity index (χ1v) is 6.86. The van der Waals surface area contributed by atoms with Crippen LogP contribution in [0.4, 0.5) is 0 Å². The van der Waals surface area contributed by atoms with Crippen molar-refractivity contribution < 1.29 is 9.53 Å². The number of halogens is 1. The van der Waals surface area contributed by atoms with Crippen molar-refractivity contribution in [3.63, 3.8) is 0 Å². The molecule has 20 heavy (non-hydrogen) atoms. The van der Waals surface area contributed by atoms with Crippen LogP contribution >= 0.6 is 12.4 Å². The minimum atomic E-state index is 0. The van der Waals surface area contributed by atoms with Crippen molar-refractivity contribution in [3.05, 3.63) is 29.8 Å². The maximum atomic E-state index is 11.6. The van der Waals surface area contributed by atoms with Crippen molar-refractivity contribution >= 4 is 18.3 Å². The highest BCUT2D eigenvalue weighted by Gasteiger charge is 2.01. The molecule has 4 nitrogen and oxygen atoms in total. The predicted molar refractivity (Wildman–Crippen MR) is 84.7 cm³/mol. The number of carbonyl (C=O) groups excluding carboxylic acids is 1. The van der Waals surface area contributed by atoms with Crippen molar-refractivity contribution in [3.8, 4) is 5.75 Å². The van der Waals surface area contributed by atoms with Crippen molar-refractivity contribution in [1.29, 1.82) is 0 Å². The normalized spacial score (nSPS) is 9.70. The van der Waals surface area contributed by atoms with Crippen LogP contribution in [0.3, 0.4) is 0 Å². The van der Waals surface area contributed by atoms with Crippen molar-refractivity contribution in [2.45, 2.75) is 26.2 Å². The van der Waals surface area contributed by atoms with Crippen LogP contribution in [0, 0.1) is 0 Å². The summed E-state index contributed by atoms with van der Waals surface area (Å²) < 4.78 is 5.09. The lowest BCUT2D eigenvalue weighted by molar-refractivity contribution is -0.121. The summed E-state index contributed by atoms with van der Waals surface area (Å²) in [6.45, 7) is 4.66. The van der Waals surface area contributed by atoms with Crippen LogP contribution in [0.1, 0.15) is 25.3 Å². The van der Waals surface area contributed by atoms with Gasteiger partial charge in [0, 0.05) is 19.5 Å². The van der Waals surface area contributed by atoms with Crippen LogP contribution < -0.4 is 15.4 Å². The molecule has 1 aromatic carbocycles. The second-order valence-corrected chi connectivity index (χ2v) is 4.45. The predicted octanol–water partition coefficient (Wildman–Crippen LogP) is 2.17. The fourth-order valence-corrected chi connectivity index (χ4v) is 1.73. The van der Waals surface area contributed by atoms with Gasteiger partial charge in [-0.2, -0.15) is 0 Å². The maximum absolute atomic E-state index is 11.6. The Kier molecular flexibility index (Phi) is 10.8. The number of carbonyl (C=O) groups is 1. The lowest BCUT2D eigenvalue weighted by atomic mass is 10.1. The van der Waals surface area contributed by atoms with E-state index in [9.17, 15) is 4.79 Å². The summed E-state index contributed by atoms with van der Waals surface area (Å²) in [6.07, 6.45) is 2.41. The Bertz CT molecular complexity index is 369. The molecule has 0 saturated heterocycles. The van der Waals surface area contributed by atoms with Gasteiger partial charge in [-0.15, -0.1) is 12.4 Å². The Morgan fingerprint density at radius 3 is 2.45 bits per heavy atom. The van der Waals surface area contributed by atoms with Crippen LogP contribution in [0.15, 0.2) is 24.3 Å². The van der Waals surface area contributed by atoms with E-state index < -0.39 is 0 Å². The molecular weight excluding hydrogens is 276 g/mol. The first kappa shape index (κ1) is 18.7. The molecule has 0 heterocycles. The van der Waals surface area contributed by atoms with Gasteiger partial charge in [0.25, 0.3) is 0 Å². The molecule has 0 radical (unpaired) electrons.